The van der Waals surface area contributed by atoms with Gasteiger partial charge in [-0.1, -0.05) is 68.9 Å². The molecule has 3 rings (SSSR count). The second kappa shape index (κ2) is 11.0. The number of benzene rings is 1. The van der Waals surface area contributed by atoms with Gasteiger partial charge in [-0.3, -0.25) is 4.79 Å². The van der Waals surface area contributed by atoms with Crippen LogP contribution < -0.4 is 10.6 Å². The highest BCUT2D eigenvalue weighted by Crippen LogP contribution is 2.25. The van der Waals surface area contributed by atoms with Crippen molar-refractivity contribution in [3.8, 4) is 0 Å². The van der Waals surface area contributed by atoms with Crippen LogP contribution in [0.3, 0.4) is 0 Å². The van der Waals surface area contributed by atoms with Crippen LogP contribution in [-0.4, -0.2) is 34.5 Å². The molecule has 1 aromatic rings. The molecule has 0 bridgehead atoms. The lowest BCUT2D eigenvalue weighted by molar-refractivity contribution is -0.121. The Balaban J connectivity index is 1.56. The first-order chi connectivity index (χ1) is 14.0. The number of rotatable bonds is 6. The molecule has 2 fully saturated rings. The van der Waals surface area contributed by atoms with E-state index < -0.39 is 0 Å². The summed E-state index contributed by atoms with van der Waals surface area (Å²) in [6.45, 7) is 5.42. The molecule has 0 aliphatic heterocycles. The Labute approximate surface area is 181 Å². The number of thiocarbonyl (C=S) groups is 1. The van der Waals surface area contributed by atoms with Crippen LogP contribution in [0.4, 0.5) is 0 Å². The van der Waals surface area contributed by atoms with E-state index in [1.165, 1.54) is 62.5 Å². The molecule has 1 amide bonds. The zero-order valence-corrected chi connectivity index (χ0v) is 18.9. The van der Waals surface area contributed by atoms with Gasteiger partial charge < -0.3 is 15.5 Å². The van der Waals surface area contributed by atoms with Gasteiger partial charge >= 0.3 is 0 Å². The molecule has 29 heavy (non-hydrogen) atoms. The molecule has 2 N–H and O–H groups in total. The van der Waals surface area contributed by atoms with E-state index in [0.29, 0.717) is 23.1 Å². The second-order valence-electron chi connectivity index (χ2n) is 9.00. The van der Waals surface area contributed by atoms with Crippen molar-refractivity contribution in [1.29, 1.82) is 0 Å². The Hall–Kier alpha value is -1.62. The molecule has 2 aliphatic rings. The Morgan fingerprint density at radius 1 is 1.03 bits per heavy atom. The molecule has 0 heterocycles. The van der Waals surface area contributed by atoms with E-state index in [1.807, 2.05) is 0 Å². The van der Waals surface area contributed by atoms with Crippen molar-refractivity contribution < 1.29 is 4.79 Å². The van der Waals surface area contributed by atoms with Crippen molar-refractivity contribution in [1.82, 2.24) is 15.5 Å². The number of amides is 1. The van der Waals surface area contributed by atoms with Crippen molar-refractivity contribution in [2.24, 2.45) is 5.92 Å². The van der Waals surface area contributed by atoms with Gasteiger partial charge in [-0.05, 0) is 56.3 Å². The van der Waals surface area contributed by atoms with Gasteiger partial charge in [0.15, 0.2) is 5.11 Å². The Morgan fingerprint density at radius 2 is 1.69 bits per heavy atom. The number of hydrogen-bond acceptors (Lipinski definition) is 2. The normalized spacial score (nSPS) is 22.7. The van der Waals surface area contributed by atoms with Crippen molar-refractivity contribution in [2.45, 2.75) is 90.3 Å². The van der Waals surface area contributed by atoms with E-state index in [2.05, 4.69) is 53.6 Å². The maximum atomic E-state index is 12.5. The van der Waals surface area contributed by atoms with Crippen LogP contribution in [0.2, 0.25) is 0 Å². The van der Waals surface area contributed by atoms with Gasteiger partial charge in [0.2, 0.25) is 5.91 Å². The van der Waals surface area contributed by atoms with Gasteiger partial charge in [-0.15, -0.1) is 0 Å². The van der Waals surface area contributed by atoms with Crippen LogP contribution in [0.25, 0.3) is 0 Å². The SMILES string of the molecule is Cc1ccc(CN(C(=S)NCC(=O)N[C@@H]2CCCC[C@H]2C)C2CCCCC2)cc1. The zero-order valence-electron chi connectivity index (χ0n) is 18.1. The molecule has 1 aromatic carbocycles. The minimum atomic E-state index is 0.0602. The molecule has 0 aromatic heterocycles. The molecule has 0 spiro atoms. The number of carbonyl (C=O) groups is 1. The van der Waals surface area contributed by atoms with Crippen molar-refractivity contribution in [2.75, 3.05) is 6.54 Å². The van der Waals surface area contributed by atoms with Gasteiger partial charge in [-0.2, -0.15) is 0 Å². The van der Waals surface area contributed by atoms with Gasteiger partial charge in [0.05, 0.1) is 6.54 Å². The van der Waals surface area contributed by atoms with Crippen molar-refractivity contribution in [3.05, 3.63) is 35.4 Å². The quantitative estimate of drug-likeness (QED) is 0.661. The Morgan fingerprint density at radius 3 is 2.38 bits per heavy atom. The summed E-state index contributed by atoms with van der Waals surface area (Å²) in [5.74, 6) is 0.630. The molecule has 0 unspecified atom stereocenters. The number of aryl methyl sites for hydroxylation is 1. The number of carbonyl (C=O) groups excluding carboxylic acids is 1. The third kappa shape index (κ3) is 6.70. The monoisotopic (exact) mass is 415 g/mol. The summed E-state index contributed by atoms with van der Waals surface area (Å²) in [6, 6.07) is 9.46. The zero-order chi connectivity index (χ0) is 20.6. The fourth-order valence-corrected chi connectivity index (χ4v) is 4.98. The van der Waals surface area contributed by atoms with Crippen molar-refractivity contribution in [3.63, 3.8) is 0 Å². The first-order valence-electron chi connectivity index (χ1n) is 11.4. The van der Waals surface area contributed by atoms with Crippen LogP contribution in [-0.2, 0) is 11.3 Å². The molecule has 2 saturated carbocycles. The Kier molecular flexibility index (Phi) is 8.34. The lowest BCUT2D eigenvalue weighted by atomic mass is 9.86. The van der Waals surface area contributed by atoms with Gasteiger partial charge in [0.25, 0.3) is 0 Å². The Bertz CT molecular complexity index is 669. The van der Waals surface area contributed by atoms with E-state index in [1.54, 1.807) is 0 Å². The molecule has 0 radical (unpaired) electrons. The van der Waals surface area contributed by atoms with Crippen LogP contribution in [0.1, 0.15) is 75.8 Å². The summed E-state index contributed by atoms with van der Waals surface area (Å²) in [5, 5.41) is 7.19. The van der Waals surface area contributed by atoms with Crippen LogP contribution in [0.5, 0.6) is 0 Å². The largest absolute Gasteiger partial charge is 0.353 e. The standard InChI is InChI=1S/C24H37N3OS/c1-18-12-14-20(15-13-18)17-27(21-9-4-3-5-10-21)24(29)25-16-23(28)26-22-11-7-6-8-19(22)2/h12-15,19,21-22H,3-11,16-17H2,1-2H3,(H,25,29)(H,26,28)/t19-,22-/m1/s1. The van der Waals surface area contributed by atoms with Crippen LogP contribution >= 0.6 is 12.2 Å². The molecule has 160 valence electrons. The maximum Gasteiger partial charge on any atom is 0.239 e. The first kappa shape index (κ1) is 22.1. The topological polar surface area (TPSA) is 44.4 Å². The van der Waals surface area contributed by atoms with E-state index in [9.17, 15) is 4.79 Å². The number of nitrogens with one attached hydrogen (secondary N) is 2. The lowest BCUT2D eigenvalue weighted by Crippen LogP contribution is -2.50. The number of hydrogen-bond donors (Lipinski definition) is 2. The molecular weight excluding hydrogens is 378 g/mol. The third-order valence-electron chi connectivity index (χ3n) is 6.61. The summed E-state index contributed by atoms with van der Waals surface area (Å²) in [5.41, 5.74) is 2.54. The van der Waals surface area contributed by atoms with E-state index >= 15 is 0 Å². The predicted octanol–water partition coefficient (Wildman–Crippen LogP) is 4.70. The molecule has 2 aliphatic carbocycles. The minimum Gasteiger partial charge on any atom is -0.353 e. The van der Waals surface area contributed by atoms with Crippen molar-refractivity contribution >= 4 is 23.2 Å². The van der Waals surface area contributed by atoms with Crippen LogP contribution in [0, 0.1) is 12.8 Å². The summed E-state index contributed by atoms with van der Waals surface area (Å²) >= 11 is 5.76. The maximum absolute atomic E-state index is 12.5. The average Bonchev–Trinajstić information content (AvgIpc) is 2.74. The minimum absolute atomic E-state index is 0.0602. The highest BCUT2D eigenvalue weighted by atomic mass is 32.1. The third-order valence-corrected chi connectivity index (χ3v) is 6.99. The highest BCUT2D eigenvalue weighted by Gasteiger charge is 2.25. The van der Waals surface area contributed by atoms with Crippen LogP contribution in [0.15, 0.2) is 24.3 Å². The van der Waals surface area contributed by atoms with E-state index in [-0.39, 0.29) is 12.5 Å². The summed E-state index contributed by atoms with van der Waals surface area (Å²) < 4.78 is 0. The van der Waals surface area contributed by atoms with Gasteiger partial charge in [0.1, 0.15) is 0 Å². The first-order valence-corrected chi connectivity index (χ1v) is 11.8. The van der Waals surface area contributed by atoms with Gasteiger partial charge in [-0.25, -0.2) is 0 Å². The predicted molar refractivity (Wildman–Crippen MR) is 124 cm³/mol. The summed E-state index contributed by atoms with van der Waals surface area (Å²) in [6.07, 6.45) is 11.0. The van der Waals surface area contributed by atoms with E-state index in [0.717, 1.165) is 13.0 Å². The fourth-order valence-electron chi connectivity index (χ4n) is 4.70. The van der Waals surface area contributed by atoms with E-state index in [4.69, 9.17) is 12.2 Å². The molecule has 2 atom stereocenters. The number of nitrogens with zero attached hydrogens (tertiary/aromatic N) is 1. The second-order valence-corrected chi connectivity index (χ2v) is 9.39. The molecular formula is C24H37N3OS. The molecule has 5 heteroatoms. The summed E-state index contributed by atoms with van der Waals surface area (Å²) in [7, 11) is 0. The average molecular weight is 416 g/mol. The fraction of sp³-hybridized carbons (Fsp3) is 0.667. The lowest BCUT2D eigenvalue weighted by Gasteiger charge is -2.36. The van der Waals surface area contributed by atoms with Gasteiger partial charge in [0, 0.05) is 18.6 Å². The summed E-state index contributed by atoms with van der Waals surface area (Å²) in [4.78, 5) is 14.8. The highest BCUT2D eigenvalue weighted by molar-refractivity contribution is 7.80. The molecule has 0 saturated heterocycles. The molecule has 4 nitrogen and oxygen atoms in total. The smallest absolute Gasteiger partial charge is 0.239 e.